The van der Waals surface area contributed by atoms with Gasteiger partial charge in [0.25, 0.3) is 0 Å². The smallest absolute Gasteiger partial charge is 0.335 e. The number of carbonyl (C=O) groups is 1. The van der Waals surface area contributed by atoms with E-state index in [1.165, 1.54) is 0 Å². The molecule has 1 aliphatic carbocycles. The summed E-state index contributed by atoms with van der Waals surface area (Å²) in [6.45, 7) is 6.88. The van der Waals surface area contributed by atoms with Crippen LogP contribution in [0.3, 0.4) is 0 Å². The second-order valence-corrected chi connectivity index (χ2v) is 12.6. The summed E-state index contributed by atoms with van der Waals surface area (Å²) in [5.41, 5.74) is 3.65. The Kier molecular flexibility index (Phi) is 16.0. The molecule has 1 aliphatic rings. The largest absolute Gasteiger partial charge is 0.497 e. The van der Waals surface area contributed by atoms with Crippen LogP contribution >= 0.6 is 22.6 Å². The van der Waals surface area contributed by atoms with Crippen molar-refractivity contribution >= 4 is 28.6 Å². The number of carboxylic acid groups (broad SMARTS) is 1. The van der Waals surface area contributed by atoms with Gasteiger partial charge in [-0.2, -0.15) is 0 Å². The number of rotatable bonds is 17. The Bertz CT molecular complexity index is 1600. The van der Waals surface area contributed by atoms with Crippen LogP contribution in [0.4, 0.5) is 0 Å². The van der Waals surface area contributed by atoms with Crippen LogP contribution in [0.5, 0.6) is 11.5 Å². The summed E-state index contributed by atoms with van der Waals surface area (Å²) in [4.78, 5) is 20.5. The first-order chi connectivity index (χ1) is 24.3. The summed E-state index contributed by atoms with van der Waals surface area (Å²) < 4.78 is 40.6. The lowest BCUT2D eigenvalue weighted by Crippen LogP contribution is -2.34. The van der Waals surface area contributed by atoms with Crippen LogP contribution in [-0.2, 0) is 42.9 Å². The third-order valence-electron chi connectivity index (χ3n) is 8.27. The minimum absolute atomic E-state index is 0.0327. The van der Waals surface area contributed by atoms with E-state index in [4.69, 9.17) is 32.5 Å². The molecule has 2 heterocycles. The van der Waals surface area contributed by atoms with Gasteiger partial charge in [-0.15, -0.1) is 0 Å². The van der Waals surface area contributed by atoms with Crippen molar-refractivity contribution < 1.29 is 42.4 Å². The molecule has 272 valence electrons. The summed E-state index contributed by atoms with van der Waals surface area (Å²) in [6, 6.07) is 15.4. The minimum Gasteiger partial charge on any atom is -0.497 e. The van der Waals surface area contributed by atoms with E-state index in [9.17, 15) is 9.90 Å². The summed E-state index contributed by atoms with van der Waals surface area (Å²) in [7, 11) is 3.29. The highest BCUT2D eigenvalue weighted by atomic mass is 127. The standard InChI is InChI=1S/C25H35NO7.C13H14INO2/c1-4-12-30-23(25(27)28)16-32-20-11-7-10-19(14-20)31-15-21-22(5-2)33-24(26-21)17-8-6-9-18(13-17)29-3;1-3-12-11(8-14)15-13(17-12)9-5-4-6-10(7-9)16-2/h6,8-9,13,19-20,23H,4-5,7,10-12,14-16H2,1-3H3,(H,27,28);4-7H,3,8H2,1-2H3/t19-,20+,23?;/m0./s1. The van der Waals surface area contributed by atoms with Crippen LogP contribution in [0, 0.1) is 0 Å². The molecule has 11 nitrogen and oxygen atoms in total. The Labute approximate surface area is 308 Å². The average Bonchev–Trinajstić information content (AvgIpc) is 3.78. The fourth-order valence-corrected chi connectivity index (χ4v) is 6.17. The second kappa shape index (κ2) is 20.4. The number of aryl methyl sites for hydroxylation is 2. The summed E-state index contributed by atoms with van der Waals surface area (Å²) in [5.74, 6) is 3.59. The Morgan fingerprint density at radius 2 is 1.44 bits per heavy atom. The summed E-state index contributed by atoms with van der Waals surface area (Å²) in [6.07, 6.45) is 4.96. The molecule has 0 aliphatic heterocycles. The number of benzene rings is 2. The number of carboxylic acids is 1. The van der Waals surface area contributed by atoms with Gasteiger partial charge in [-0.3, -0.25) is 0 Å². The molecule has 1 unspecified atom stereocenters. The van der Waals surface area contributed by atoms with Gasteiger partial charge in [0.05, 0.1) is 45.3 Å². The van der Waals surface area contributed by atoms with Gasteiger partial charge >= 0.3 is 5.97 Å². The maximum Gasteiger partial charge on any atom is 0.335 e. The van der Waals surface area contributed by atoms with E-state index in [1.54, 1.807) is 14.2 Å². The lowest BCUT2D eigenvalue weighted by atomic mass is 9.95. The summed E-state index contributed by atoms with van der Waals surface area (Å²) in [5, 5.41) is 9.30. The van der Waals surface area contributed by atoms with Gasteiger partial charge in [0, 0.05) is 35.0 Å². The zero-order valence-electron chi connectivity index (χ0n) is 29.6. The van der Waals surface area contributed by atoms with Crippen LogP contribution in [0.25, 0.3) is 22.9 Å². The maximum absolute atomic E-state index is 11.3. The van der Waals surface area contributed by atoms with E-state index in [2.05, 4.69) is 39.5 Å². The van der Waals surface area contributed by atoms with Crippen molar-refractivity contribution in [2.45, 2.75) is 95.1 Å². The van der Waals surface area contributed by atoms with Gasteiger partial charge in [-0.1, -0.05) is 55.5 Å². The first-order valence-corrected chi connectivity index (χ1v) is 18.7. The molecule has 0 amide bonds. The highest BCUT2D eigenvalue weighted by molar-refractivity contribution is 14.1. The van der Waals surface area contributed by atoms with Gasteiger partial charge in [0.15, 0.2) is 6.10 Å². The van der Waals surface area contributed by atoms with Crippen molar-refractivity contribution in [3.8, 4) is 34.4 Å². The molecule has 0 radical (unpaired) electrons. The van der Waals surface area contributed by atoms with Crippen molar-refractivity contribution in [3.05, 3.63) is 71.4 Å². The number of halogens is 1. The molecule has 2 aromatic carbocycles. The number of alkyl halides is 1. The minimum atomic E-state index is -0.989. The van der Waals surface area contributed by atoms with Crippen LogP contribution in [0.2, 0.25) is 0 Å². The Morgan fingerprint density at radius 3 is 1.94 bits per heavy atom. The van der Waals surface area contributed by atoms with Gasteiger partial charge in [0.2, 0.25) is 11.8 Å². The zero-order valence-corrected chi connectivity index (χ0v) is 31.8. The number of nitrogens with zero attached hydrogens (tertiary/aromatic N) is 2. The molecule has 0 bridgehead atoms. The van der Waals surface area contributed by atoms with Crippen molar-refractivity contribution in [1.29, 1.82) is 0 Å². The van der Waals surface area contributed by atoms with Crippen molar-refractivity contribution in [2.24, 2.45) is 0 Å². The van der Waals surface area contributed by atoms with Crippen molar-refractivity contribution in [1.82, 2.24) is 9.97 Å². The average molecular weight is 805 g/mol. The molecule has 4 aromatic rings. The van der Waals surface area contributed by atoms with Crippen LogP contribution in [0.15, 0.2) is 57.4 Å². The van der Waals surface area contributed by atoms with Gasteiger partial charge in [0.1, 0.15) is 28.7 Å². The number of hydrogen-bond donors (Lipinski definition) is 1. The fourth-order valence-electron chi connectivity index (χ4n) is 5.57. The maximum atomic E-state index is 11.3. The molecule has 0 saturated heterocycles. The van der Waals surface area contributed by atoms with Crippen LogP contribution in [-0.4, -0.2) is 66.8 Å². The van der Waals surface area contributed by atoms with Crippen molar-refractivity contribution in [2.75, 3.05) is 27.4 Å². The number of hydrogen-bond acceptors (Lipinski definition) is 10. The molecular formula is C38H49IN2O9. The first-order valence-electron chi connectivity index (χ1n) is 17.2. The Hall–Kier alpha value is -3.46. The number of aromatic nitrogens is 2. The molecule has 5 rings (SSSR count). The lowest BCUT2D eigenvalue weighted by molar-refractivity contribution is -0.157. The predicted octanol–water partition coefficient (Wildman–Crippen LogP) is 8.48. The van der Waals surface area contributed by atoms with E-state index < -0.39 is 12.1 Å². The molecule has 1 N–H and O–H groups in total. The highest BCUT2D eigenvalue weighted by Crippen LogP contribution is 2.29. The third kappa shape index (κ3) is 11.3. The fraction of sp³-hybridized carbons (Fsp3) is 0.500. The highest BCUT2D eigenvalue weighted by Gasteiger charge is 2.27. The van der Waals surface area contributed by atoms with Gasteiger partial charge < -0.3 is 37.6 Å². The van der Waals surface area contributed by atoms with Gasteiger partial charge in [-0.25, -0.2) is 14.8 Å². The van der Waals surface area contributed by atoms with Gasteiger partial charge in [-0.05, 0) is 68.5 Å². The van der Waals surface area contributed by atoms with E-state index in [1.807, 2.05) is 62.4 Å². The molecule has 0 spiro atoms. The van der Waals surface area contributed by atoms with E-state index >= 15 is 0 Å². The topological polar surface area (TPSA) is 136 Å². The molecule has 1 saturated carbocycles. The zero-order chi connectivity index (χ0) is 35.9. The number of oxazole rings is 2. The molecule has 1 fully saturated rings. The Morgan fingerprint density at radius 1 is 0.880 bits per heavy atom. The van der Waals surface area contributed by atoms with Crippen LogP contribution < -0.4 is 9.47 Å². The molecular weight excluding hydrogens is 755 g/mol. The molecule has 2 aromatic heterocycles. The molecule has 12 heteroatoms. The molecule has 50 heavy (non-hydrogen) atoms. The number of methoxy groups -OCH3 is 2. The monoisotopic (exact) mass is 804 g/mol. The van der Waals surface area contributed by atoms with E-state index in [0.717, 1.165) is 94.9 Å². The Balaban J connectivity index is 0.000000276. The van der Waals surface area contributed by atoms with E-state index in [0.29, 0.717) is 25.0 Å². The number of ether oxygens (including phenoxy) is 5. The molecule has 3 atom stereocenters. The van der Waals surface area contributed by atoms with E-state index in [-0.39, 0.29) is 18.8 Å². The SMILES string of the molecule is CCCOC(CO[C@@H]1CCC[C@H](OCc2nc(-c3cccc(OC)c3)oc2CC)C1)C(=O)O.CCc1oc(-c2cccc(OC)c2)nc1CI. The van der Waals surface area contributed by atoms with Crippen molar-refractivity contribution in [3.63, 3.8) is 0 Å². The normalized spacial score (nSPS) is 16.4. The number of aliphatic carboxylic acids is 1. The third-order valence-corrected chi connectivity index (χ3v) is 9.00. The predicted molar refractivity (Wildman–Crippen MR) is 198 cm³/mol. The lowest BCUT2D eigenvalue weighted by Gasteiger charge is -2.29. The van der Waals surface area contributed by atoms with Crippen LogP contribution in [0.1, 0.15) is 75.8 Å². The first kappa shape index (κ1) is 39.3. The second-order valence-electron chi connectivity index (χ2n) is 11.8. The quantitative estimate of drug-likeness (QED) is 0.0813. The summed E-state index contributed by atoms with van der Waals surface area (Å²) >= 11 is 2.30.